The number of aromatic amines is 1. The molecule has 0 bridgehead atoms. The molecule has 2 heterocycles. The molecule has 4 rings (SSSR count). The quantitative estimate of drug-likeness (QED) is 0.434. The number of anilines is 4. The summed E-state index contributed by atoms with van der Waals surface area (Å²) in [4.78, 5) is 9.01. The van der Waals surface area contributed by atoms with Gasteiger partial charge in [0.15, 0.2) is 22.7 Å². The molecule has 1 saturated carbocycles. The van der Waals surface area contributed by atoms with Crippen LogP contribution in [0.15, 0.2) is 45.9 Å². The van der Waals surface area contributed by atoms with Gasteiger partial charge in [-0.05, 0) is 53.0 Å². The first kappa shape index (κ1) is 17.1. The third kappa shape index (κ3) is 3.92. The molecule has 1 atom stereocenters. The summed E-state index contributed by atoms with van der Waals surface area (Å²) in [7, 11) is 0. The molecule has 10 heteroatoms. The van der Waals surface area contributed by atoms with E-state index in [2.05, 4.69) is 46.7 Å². The van der Waals surface area contributed by atoms with Gasteiger partial charge in [0.1, 0.15) is 0 Å². The molecule has 2 aromatic heterocycles. The Morgan fingerprint density at radius 2 is 2.00 bits per heavy atom. The van der Waals surface area contributed by atoms with Crippen LogP contribution in [0, 0.1) is 0 Å². The number of H-pyrrole nitrogens is 1. The Bertz CT molecular complexity index is 958. The largest absolute Gasteiger partial charge is 0.324 e. The van der Waals surface area contributed by atoms with Crippen molar-refractivity contribution in [3.8, 4) is 0 Å². The molecule has 8 nitrogen and oxygen atoms in total. The molecule has 134 valence electrons. The van der Waals surface area contributed by atoms with E-state index in [0.29, 0.717) is 38.6 Å². The normalized spacial score (nSPS) is 14.8. The second-order valence-electron chi connectivity index (χ2n) is 5.90. The van der Waals surface area contributed by atoms with Crippen LogP contribution in [-0.2, 0) is 11.1 Å². The van der Waals surface area contributed by atoms with E-state index < -0.39 is 11.1 Å². The SMILES string of the molecule is O=S(O)c1ccc(Nc2ncc(Br)c(Nc3cc(C4CC4)[nH]n3)n2)cc1. The van der Waals surface area contributed by atoms with Crippen LogP contribution in [0.1, 0.15) is 24.5 Å². The standard InChI is InChI=1S/C16H15BrN6O2S/c17-12-8-18-16(19-10-3-5-11(6-4-10)26(24)25)21-15(12)20-14-7-13(22-23-14)9-1-2-9/h3-9H,1-2H2,(H,24,25)(H3,18,19,20,21,22,23). The van der Waals surface area contributed by atoms with Crippen LogP contribution in [0.4, 0.5) is 23.3 Å². The van der Waals surface area contributed by atoms with E-state index >= 15 is 0 Å². The highest BCUT2D eigenvalue weighted by atomic mass is 79.9. The molecule has 1 aliphatic rings. The maximum absolute atomic E-state index is 11.0. The summed E-state index contributed by atoms with van der Waals surface area (Å²) in [6.07, 6.45) is 4.05. The minimum absolute atomic E-state index is 0.333. The van der Waals surface area contributed by atoms with Crippen molar-refractivity contribution in [3.63, 3.8) is 0 Å². The van der Waals surface area contributed by atoms with Gasteiger partial charge in [-0.2, -0.15) is 10.1 Å². The van der Waals surface area contributed by atoms with Crippen molar-refractivity contribution in [2.75, 3.05) is 10.6 Å². The van der Waals surface area contributed by atoms with Crippen molar-refractivity contribution < 1.29 is 8.76 Å². The number of rotatable bonds is 6. The zero-order valence-electron chi connectivity index (χ0n) is 13.4. The van der Waals surface area contributed by atoms with Gasteiger partial charge in [-0.25, -0.2) is 9.19 Å². The molecule has 3 aromatic rings. The average molecular weight is 435 g/mol. The Morgan fingerprint density at radius 1 is 1.23 bits per heavy atom. The molecular formula is C16H15BrN6O2S. The lowest BCUT2D eigenvalue weighted by Crippen LogP contribution is -2.02. The molecule has 0 aliphatic heterocycles. The smallest absolute Gasteiger partial charge is 0.229 e. The summed E-state index contributed by atoms with van der Waals surface area (Å²) < 4.78 is 20.8. The highest BCUT2D eigenvalue weighted by Crippen LogP contribution is 2.39. The van der Waals surface area contributed by atoms with Crippen LogP contribution in [0.2, 0.25) is 0 Å². The minimum atomic E-state index is -2.00. The van der Waals surface area contributed by atoms with Gasteiger partial charge in [0.25, 0.3) is 0 Å². The van der Waals surface area contributed by atoms with Crippen LogP contribution >= 0.6 is 15.9 Å². The van der Waals surface area contributed by atoms with E-state index in [1.165, 1.54) is 12.8 Å². The second kappa shape index (κ2) is 7.14. The topological polar surface area (TPSA) is 116 Å². The van der Waals surface area contributed by atoms with Crippen molar-refractivity contribution >= 4 is 50.3 Å². The number of nitrogens with zero attached hydrogens (tertiary/aromatic N) is 3. The van der Waals surface area contributed by atoms with Crippen molar-refractivity contribution in [1.29, 1.82) is 0 Å². The highest BCUT2D eigenvalue weighted by molar-refractivity contribution is 9.10. The summed E-state index contributed by atoms with van der Waals surface area (Å²) in [5, 5.41) is 13.5. The summed E-state index contributed by atoms with van der Waals surface area (Å²) in [5.41, 5.74) is 1.85. The first-order valence-corrected chi connectivity index (χ1v) is 9.81. The molecule has 1 unspecified atom stereocenters. The fraction of sp³-hybridized carbons (Fsp3) is 0.188. The Labute approximate surface area is 160 Å². The summed E-state index contributed by atoms with van der Waals surface area (Å²) in [6.45, 7) is 0. The van der Waals surface area contributed by atoms with Gasteiger partial charge < -0.3 is 15.2 Å². The highest BCUT2D eigenvalue weighted by Gasteiger charge is 2.25. The number of benzene rings is 1. The van der Waals surface area contributed by atoms with Gasteiger partial charge in [0, 0.05) is 29.6 Å². The lowest BCUT2D eigenvalue weighted by molar-refractivity contribution is 0.564. The van der Waals surface area contributed by atoms with Gasteiger partial charge in [-0.3, -0.25) is 5.10 Å². The van der Waals surface area contributed by atoms with Crippen LogP contribution in [-0.4, -0.2) is 28.9 Å². The summed E-state index contributed by atoms with van der Waals surface area (Å²) in [5.74, 6) is 2.28. The first-order chi connectivity index (χ1) is 12.6. The van der Waals surface area contributed by atoms with Crippen LogP contribution in [0.3, 0.4) is 0 Å². The predicted molar refractivity (Wildman–Crippen MR) is 102 cm³/mol. The Balaban J connectivity index is 1.50. The van der Waals surface area contributed by atoms with Crippen molar-refractivity contribution in [2.45, 2.75) is 23.7 Å². The zero-order chi connectivity index (χ0) is 18.1. The van der Waals surface area contributed by atoms with Crippen LogP contribution < -0.4 is 10.6 Å². The van der Waals surface area contributed by atoms with E-state index in [1.54, 1.807) is 30.5 Å². The Kier molecular flexibility index (Phi) is 4.70. The molecule has 0 saturated heterocycles. The van der Waals surface area contributed by atoms with E-state index in [4.69, 9.17) is 4.55 Å². The van der Waals surface area contributed by atoms with Crippen molar-refractivity contribution in [2.24, 2.45) is 0 Å². The van der Waals surface area contributed by atoms with E-state index in [-0.39, 0.29) is 0 Å². The monoisotopic (exact) mass is 434 g/mol. The fourth-order valence-electron chi connectivity index (χ4n) is 2.42. The molecule has 1 fully saturated rings. The van der Waals surface area contributed by atoms with E-state index in [1.807, 2.05) is 6.07 Å². The molecule has 1 aromatic carbocycles. The van der Waals surface area contributed by atoms with Crippen molar-refractivity contribution in [3.05, 3.63) is 46.7 Å². The number of nitrogens with one attached hydrogen (secondary N) is 3. The van der Waals surface area contributed by atoms with E-state index in [9.17, 15) is 4.21 Å². The van der Waals surface area contributed by atoms with E-state index in [0.717, 1.165) is 5.69 Å². The Morgan fingerprint density at radius 3 is 2.69 bits per heavy atom. The maximum Gasteiger partial charge on any atom is 0.229 e. The molecule has 4 N–H and O–H groups in total. The van der Waals surface area contributed by atoms with Crippen LogP contribution in [0.25, 0.3) is 0 Å². The third-order valence-electron chi connectivity index (χ3n) is 3.92. The minimum Gasteiger partial charge on any atom is -0.324 e. The van der Waals surface area contributed by atoms with Gasteiger partial charge in [0.05, 0.1) is 9.37 Å². The third-order valence-corrected chi connectivity index (χ3v) is 5.17. The maximum atomic E-state index is 11.0. The van der Waals surface area contributed by atoms with Gasteiger partial charge in [-0.1, -0.05) is 0 Å². The molecule has 26 heavy (non-hydrogen) atoms. The van der Waals surface area contributed by atoms with Crippen LogP contribution in [0.5, 0.6) is 0 Å². The zero-order valence-corrected chi connectivity index (χ0v) is 15.8. The van der Waals surface area contributed by atoms with Gasteiger partial charge in [-0.15, -0.1) is 0 Å². The number of hydrogen-bond acceptors (Lipinski definition) is 6. The lowest BCUT2D eigenvalue weighted by atomic mass is 10.3. The lowest BCUT2D eigenvalue weighted by Gasteiger charge is -2.09. The first-order valence-electron chi connectivity index (χ1n) is 7.91. The molecule has 0 spiro atoms. The second-order valence-corrected chi connectivity index (χ2v) is 7.72. The molecule has 0 amide bonds. The summed E-state index contributed by atoms with van der Waals surface area (Å²) in [6, 6.07) is 8.52. The fourth-order valence-corrected chi connectivity index (χ4v) is 3.08. The molecular weight excluding hydrogens is 420 g/mol. The number of halogens is 1. The Hall–Kier alpha value is -2.30. The number of hydrogen-bond donors (Lipinski definition) is 4. The molecule has 0 radical (unpaired) electrons. The number of aromatic nitrogens is 4. The molecule has 1 aliphatic carbocycles. The van der Waals surface area contributed by atoms with Crippen molar-refractivity contribution in [1.82, 2.24) is 20.2 Å². The van der Waals surface area contributed by atoms with Gasteiger partial charge >= 0.3 is 0 Å². The summed E-state index contributed by atoms with van der Waals surface area (Å²) >= 11 is 1.44. The van der Waals surface area contributed by atoms with Gasteiger partial charge in [0.2, 0.25) is 5.95 Å². The average Bonchev–Trinajstić information content (AvgIpc) is 3.38. The predicted octanol–water partition coefficient (Wildman–Crippen LogP) is 3.91.